The fraction of sp³-hybridized carbons (Fsp3) is 0.333. The summed E-state index contributed by atoms with van der Waals surface area (Å²) in [5.74, 6) is -0.296. The number of carbonyl (C=O) groups is 1. The van der Waals surface area contributed by atoms with Crippen molar-refractivity contribution in [3.63, 3.8) is 0 Å². The Morgan fingerprint density at radius 2 is 1.81 bits per heavy atom. The summed E-state index contributed by atoms with van der Waals surface area (Å²) in [5, 5.41) is 2.95. The minimum absolute atomic E-state index is 0.175. The quantitative estimate of drug-likeness (QED) is 0.618. The van der Waals surface area contributed by atoms with E-state index < -0.39 is 10.0 Å². The predicted octanol–water partition coefficient (Wildman–Crippen LogP) is 3.68. The first-order chi connectivity index (χ1) is 15.5. The summed E-state index contributed by atoms with van der Waals surface area (Å²) in [4.78, 5) is 17.3. The molecule has 0 saturated carbocycles. The fourth-order valence-corrected chi connectivity index (χ4v) is 5.57. The van der Waals surface area contributed by atoms with Crippen molar-refractivity contribution in [2.24, 2.45) is 0 Å². The molecule has 1 aromatic heterocycles. The zero-order valence-electron chi connectivity index (χ0n) is 18.2. The SMILES string of the molecule is Cc1ccc(S(=O)(=O)N2CCCCCC2)cc1C(=O)NCc1ccccc1-n1ccnc1. The lowest BCUT2D eigenvalue weighted by molar-refractivity contribution is 0.0950. The third kappa shape index (κ3) is 4.76. The summed E-state index contributed by atoms with van der Waals surface area (Å²) < 4.78 is 29.8. The summed E-state index contributed by atoms with van der Waals surface area (Å²) in [6.07, 6.45) is 9.10. The lowest BCUT2D eigenvalue weighted by atomic mass is 10.1. The molecular weight excluding hydrogens is 424 g/mol. The average Bonchev–Trinajstić information content (AvgIpc) is 3.19. The molecule has 0 unspecified atom stereocenters. The van der Waals surface area contributed by atoms with Gasteiger partial charge in [0.25, 0.3) is 5.91 Å². The number of nitrogens with zero attached hydrogens (tertiary/aromatic N) is 3. The maximum atomic E-state index is 13.2. The number of aromatic nitrogens is 2. The first-order valence-electron chi connectivity index (χ1n) is 10.9. The van der Waals surface area contributed by atoms with Crippen molar-refractivity contribution in [1.29, 1.82) is 0 Å². The number of benzene rings is 2. The van der Waals surface area contributed by atoms with Gasteiger partial charge in [0.15, 0.2) is 0 Å². The van der Waals surface area contributed by atoms with Crippen LogP contribution in [0.15, 0.2) is 66.1 Å². The average molecular weight is 453 g/mol. The van der Waals surface area contributed by atoms with Crippen LogP contribution in [0.25, 0.3) is 5.69 Å². The molecule has 168 valence electrons. The van der Waals surface area contributed by atoms with Crippen molar-refractivity contribution in [3.8, 4) is 5.69 Å². The largest absolute Gasteiger partial charge is 0.348 e. The van der Waals surface area contributed by atoms with Gasteiger partial charge in [-0.25, -0.2) is 13.4 Å². The minimum atomic E-state index is -3.62. The summed E-state index contributed by atoms with van der Waals surface area (Å²) >= 11 is 0. The van der Waals surface area contributed by atoms with Gasteiger partial charge in [-0.15, -0.1) is 0 Å². The van der Waals surface area contributed by atoms with Crippen LogP contribution in [0.5, 0.6) is 0 Å². The van der Waals surface area contributed by atoms with Crippen LogP contribution in [0.4, 0.5) is 0 Å². The van der Waals surface area contributed by atoms with Crippen molar-refractivity contribution in [2.45, 2.75) is 44.0 Å². The highest BCUT2D eigenvalue weighted by Crippen LogP contribution is 2.23. The molecule has 2 aromatic carbocycles. The van der Waals surface area contributed by atoms with E-state index in [1.54, 1.807) is 29.0 Å². The van der Waals surface area contributed by atoms with Gasteiger partial charge in [-0.05, 0) is 49.1 Å². The molecule has 0 aliphatic carbocycles. The number of aryl methyl sites for hydroxylation is 1. The van der Waals surface area contributed by atoms with Gasteiger partial charge in [0.05, 0.1) is 16.9 Å². The van der Waals surface area contributed by atoms with Crippen molar-refractivity contribution in [3.05, 3.63) is 77.9 Å². The molecule has 0 atom stereocenters. The van der Waals surface area contributed by atoms with Crippen molar-refractivity contribution >= 4 is 15.9 Å². The summed E-state index contributed by atoms with van der Waals surface area (Å²) in [7, 11) is -3.62. The zero-order valence-corrected chi connectivity index (χ0v) is 19.0. The molecule has 1 saturated heterocycles. The molecule has 0 bridgehead atoms. The van der Waals surface area contributed by atoms with Gasteiger partial charge in [-0.2, -0.15) is 4.31 Å². The van der Waals surface area contributed by atoms with E-state index in [1.807, 2.05) is 42.0 Å². The number of sulfonamides is 1. The second-order valence-corrected chi connectivity index (χ2v) is 10.0. The smallest absolute Gasteiger partial charge is 0.251 e. The van der Waals surface area contributed by atoms with Crippen molar-refractivity contribution < 1.29 is 13.2 Å². The predicted molar refractivity (Wildman–Crippen MR) is 123 cm³/mol. The van der Waals surface area contributed by atoms with E-state index in [2.05, 4.69) is 10.3 Å². The fourth-order valence-electron chi connectivity index (χ4n) is 4.02. The lowest BCUT2D eigenvalue weighted by Crippen LogP contribution is -2.32. The summed E-state index contributed by atoms with van der Waals surface area (Å²) in [5.41, 5.74) is 2.98. The Kier molecular flexibility index (Phi) is 6.72. The number of para-hydroxylation sites is 1. The number of hydrogen-bond acceptors (Lipinski definition) is 4. The van der Waals surface area contributed by atoms with E-state index in [9.17, 15) is 13.2 Å². The zero-order chi connectivity index (χ0) is 22.6. The van der Waals surface area contributed by atoms with Crippen LogP contribution in [-0.4, -0.2) is 41.3 Å². The number of nitrogens with one attached hydrogen (secondary N) is 1. The summed E-state index contributed by atoms with van der Waals surface area (Å²) in [6.45, 7) is 3.19. The first-order valence-corrected chi connectivity index (χ1v) is 12.4. The molecule has 1 aliphatic rings. The molecule has 1 amide bonds. The Balaban J connectivity index is 1.54. The molecule has 1 aliphatic heterocycles. The lowest BCUT2D eigenvalue weighted by Gasteiger charge is -2.20. The number of carbonyl (C=O) groups excluding carboxylic acids is 1. The molecular formula is C24H28N4O3S. The molecule has 0 radical (unpaired) electrons. The second kappa shape index (κ2) is 9.67. The maximum Gasteiger partial charge on any atom is 0.251 e. The number of hydrogen-bond donors (Lipinski definition) is 1. The van der Waals surface area contributed by atoms with Crippen LogP contribution in [-0.2, 0) is 16.6 Å². The van der Waals surface area contributed by atoms with Gasteiger partial charge in [0, 0.05) is 37.6 Å². The molecule has 4 rings (SSSR count). The van der Waals surface area contributed by atoms with Crippen LogP contribution < -0.4 is 5.32 Å². The van der Waals surface area contributed by atoms with Crippen molar-refractivity contribution in [1.82, 2.24) is 19.2 Å². The highest BCUT2D eigenvalue weighted by molar-refractivity contribution is 7.89. The third-order valence-corrected chi connectivity index (χ3v) is 7.76. The Hall–Kier alpha value is -2.97. The first kappa shape index (κ1) is 22.2. The van der Waals surface area contributed by atoms with Gasteiger partial charge in [-0.3, -0.25) is 4.79 Å². The minimum Gasteiger partial charge on any atom is -0.348 e. The normalized spacial score (nSPS) is 15.3. The molecule has 1 N–H and O–H groups in total. The maximum absolute atomic E-state index is 13.2. The molecule has 2 heterocycles. The van der Waals surface area contributed by atoms with Crippen LogP contribution in [0.1, 0.15) is 47.2 Å². The third-order valence-electron chi connectivity index (χ3n) is 5.87. The number of amides is 1. The van der Waals surface area contributed by atoms with Crippen molar-refractivity contribution in [2.75, 3.05) is 13.1 Å². The van der Waals surface area contributed by atoms with Gasteiger partial charge < -0.3 is 9.88 Å². The number of imidazole rings is 1. The van der Waals surface area contributed by atoms with E-state index in [1.165, 1.54) is 6.07 Å². The number of rotatable bonds is 6. The van der Waals surface area contributed by atoms with Crippen LogP contribution >= 0.6 is 0 Å². The molecule has 7 nitrogen and oxygen atoms in total. The molecule has 3 aromatic rings. The monoisotopic (exact) mass is 452 g/mol. The Bertz CT molecular complexity index is 1180. The highest BCUT2D eigenvalue weighted by Gasteiger charge is 2.26. The van der Waals surface area contributed by atoms with E-state index in [4.69, 9.17) is 0 Å². The standard InChI is InChI=1S/C24H28N4O3S/c1-19-10-11-21(32(30,31)28-13-6-2-3-7-14-28)16-22(19)24(29)26-17-20-8-4-5-9-23(20)27-15-12-25-18-27/h4-5,8-12,15-16,18H,2-3,6-7,13-14,17H2,1H3,(H,26,29). The Morgan fingerprint density at radius 1 is 1.06 bits per heavy atom. The molecule has 1 fully saturated rings. The van der Waals surface area contributed by atoms with Crippen LogP contribution in [0, 0.1) is 6.92 Å². The van der Waals surface area contributed by atoms with Gasteiger partial charge >= 0.3 is 0 Å². The van der Waals surface area contributed by atoms with Gasteiger partial charge in [0.1, 0.15) is 0 Å². The Morgan fingerprint density at radius 3 is 2.53 bits per heavy atom. The van der Waals surface area contributed by atoms with E-state index >= 15 is 0 Å². The molecule has 8 heteroatoms. The Labute approximate surface area is 189 Å². The van der Waals surface area contributed by atoms with Crippen LogP contribution in [0.3, 0.4) is 0 Å². The van der Waals surface area contributed by atoms with E-state index in [0.717, 1.165) is 42.5 Å². The molecule has 0 spiro atoms. The molecule has 32 heavy (non-hydrogen) atoms. The highest BCUT2D eigenvalue weighted by atomic mass is 32.2. The van der Waals surface area contributed by atoms with E-state index in [-0.39, 0.29) is 10.8 Å². The van der Waals surface area contributed by atoms with Crippen LogP contribution in [0.2, 0.25) is 0 Å². The summed E-state index contributed by atoms with van der Waals surface area (Å²) in [6, 6.07) is 12.6. The second-order valence-electron chi connectivity index (χ2n) is 8.08. The van der Waals surface area contributed by atoms with Gasteiger partial charge in [0.2, 0.25) is 10.0 Å². The van der Waals surface area contributed by atoms with Gasteiger partial charge in [-0.1, -0.05) is 37.1 Å². The topological polar surface area (TPSA) is 84.3 Å². The van der Waals surface area contributed by atoms with E-state index in [0.29, 0.717) is 25.2 Å².